The molecule has 0 saturated heterocycles. The Morgan fingerprint density at radius 2 is 2.05 bits per heavy atom. The van der Waals surface area contributed by atoms with Gasteiger partial charge in [0.15, 0.2) is 0 Å². The molecule has 1 aliphatic rings. The first kappa shape index (κ1) is 13.3. The van der Waals surface area contributed by atoms with Crippen molar-refractivity contribution in [3.63, 3.8) is 0 Å². The predicted molar refractivity (Wildman–Crippen MR) is 75.0 cm³/mol. The van der Waals surface area contributed by atoms with Gasteiger partial charge >= 0.3 is 0 Å². The molecule has 1 heterocycles. The molecule has 20 heavy (non-hydrogen) atoms. The minimum atomic E-state index is 0.162. The Morgan fingerprint density at radius 3 is 2.70 bits per heavy atom. The van der Waals surface area contributed by atoms with Crippen LogP contribution in [0.2, 0.25) is 0 Å². The molecule has 0 bridgehead atoms. The fourth-order valence-corrected chi connectivity index (χ4v) is 2.27. The van der Waals surface area contributed by atoms with Crippen LogP contribution in [0.3, 0.4) is 0 Å². The average Bonchev–Trinajstić information content (AvgIpc) is 3.20. The Hall–Kier alpha value is -1.72. The Labute approximate surface area is 118 Å². The number of benzene rings is 1. The monoisotopic (exact) mass is 273 g/mol. The van der Waals surface area contributed by atoms with Crippen molar-refractivity contribution in [2.75, 3.05) is 13.2 Å². The van der Waals surface area contributed by atoms with Crippen molar-refractivity contribution in [1.29, 1.82) is 0 Å². The highest BCUT2D eigenvalue weighted by molar-refractivity contribution is 5.54. The van der Waals surface area contributed by atoms with Crippen molar-refractivity contribution in [2.45, 2.75) is 32.4 Å². The molecule has 0 aliphatic heterocycles. The van der Waals surface area contributed by atoms with Crippen LogP contribution in [-0.2, 0) is 6.54 Å². The highest BCUT2D eigenvalue weighted by Gasteiger charge is 2.29. The van der Waals surface area contributed by atoms with Gasteiger partial charge in [-0.05, 0) is 19.8 Å². The van der Waals surface area contributed by atoms with Crippen LogP contribution in [-0.4, -0.2) is 39.3 Å². The summed E-state index contributed by atoms with van der Waals surface area (Å²) >= 11 is 0. The highest BCUT2D eigenvalue weighted by atomic mass is 16.5. The summed E-state index contributed by atoms with van der Waals surface area (Å²) in [6.07, 6.45) is 2.39. The van der Waals surface area contributed by atoms with Crippen LogP contribution in [0.5, 0.6) is 0 Å². The van der Waals surface area contributed by atoms with E-state index in [0.29, 0.717) is 30.8 Å². The van der Waals surface area contributed by atoms with E-state index in [0.717, 1.165) is 5.56 Å². The molecule has 1 aromatic heterocycles. The van der Waals surface area contributed by atoms with Crippen LogP contribution in [0.15, 0.2) is 28.8 Å². The van der Waals surface area contributed by atoms with Crippen molar-refractivity contribution < 1.29 is 9.63 Å². The first-order chi connectivity index (χ1) is 9.76. The van der Waals surface area contributed by atoms with Crippen LogP contribution < -0.4 is 0 Å². The zero-order valence-electron chi connectivity index (χ0n) is 11.6. The Kier molecular flexibility index (Phi) is 3.80. The van der Waals surface area contributed by atoms with E-state index < -0.39 is 0 Å². The quantitative estimate of drug-likeness (QED) is 0.872. The summed E-state index contributed by atoms with van der Waals surface area (Å²) in [7, 11) is 0. The van der Waals surface area contributed by atoms with Gasteiger partial charge in [0.25, 0.3) is 0 Å². The summed E-state index contributed by atoms with van der Waals surface area (Å²) < 4.78 is 5.32. The second-order valence-electron chi connectivity index (χ2n) is 5.30. The van der Waals surface area contributed by atoms with Gasteiger partial charge in [0.2, 0.25) is 11.7 Å². The van der Waals surface area contributed by atoms with E-state index in [1.54, 1.807) is 0 Å². The van der Waals surface area contributed by atoms with Crippen LogP contribution >= 0.6 is 0 Å². The van der Waals surface area contributed by atoms with Crippen molar-refractivity contribution >= 4 is 0 Å². The third kappa shape index (κ3) is 3.05. The van der Waals surface area contributed by atoms with Gasteiger partial charge in [-0.3, -0.25) is 4.90 Å². The number of aromatic nitrogens is 2. The van der Waals surface area contributed by atoms with Crippen molar-refractivity contribution in [1.82, 2.24) is 15.0 Å². The molecule has 0 amide bonds. The van der Waals surface area contributed by atoms with E-state index in [4.69, 9.17) is 9.63 Å². The third-order valence-corrected chi connectivity index (χ3v) is 3.57. The van der Waals surface area contributed by atoms with E-state index in [-0.39, 0.29) is 6.61 Å². The molecule has 2 aromatic rings. The van der Waals surface area contributed by atoms with Crippen LogP contribution in [0, 0.1) is 6.92 Å². The van der Waals surface area contributed by atoms with E-state index in [1.807, 2.05) is 31.2 Å². The zero-order valence-corrected chi connectivity index (χ0v) is 11.6. The molecule has 3 rings (SSSR count). The normalized spacial score (nSPS) is 14.9. The number of hydrogen-bond acceptors (Lipinski definition) is 5. The van der Waals surface area contributed by atoms with E-state index in [1.165, 1.54) is 18.4 Å². The molecular formula is C15H19N3O2. The molecule has 0 radical (unpaired) electrons. The maximum atomic E-state index is 9.09. The molecule has 1 fully saturated rings. The first-order valence-electron chi connectivity index (χ1n) is 7.01. The van der Waals surface area contributed by atoms with Gasteiger partial charge in [0, 0.05) is 18.2 Å². The molecular weight excluding hydrogens is 254 g/mol. The summed E-state index contributed by atoms with van der Waals surface area (Å²) in [5.41, 5.74) is 2.17. The molecule has 1 aliphatic carbocycles. The smallest absolute Gasteiger partial charge is 0.241 e. The molecule has 1 saturated carbocycles. The average molecular weight is 273 g/mol. The molecule has 1 N–H and O–H groups in total. The number of hydrogen-bond donors (Lipinski definition) is 1. The number of aliphatic hydroxyl groups is 1. The number of nitrogens with zero attached hydrogens (tertiary/aromatic N) is 3. The molecule has 5 heteroatoms. The molecule has 106 valence electrons. The maximum absolute atomic E-state index is 9.09. The van der Waals surface area contributed by atoms with Gasteiger partial charge in [-0.1, -0.05) is 35.0 Å². The Balaban J connectivity index is 1.71. The van der Waals surface area contributed by atoms with Gasteiger partial charge in [-0.15, -0.1) is 0 Å². The second-order valence-corrected chi connectivity index (χ2v) is 5.30. The fourth-order valence-electron chi connectivity index (χ4n) is 2.27. The largest absolute Gasteiger partial charge is 0.395 e. The molecule has 0 atom stereocenters. The third-order valence-electron chi connectivity index (χ3n) is 3.57. The van der Waals surface area contributed by atoms with Crippen molar-refractivity contribution in [3.8, 4) is 11.4 Å². The molecule has 0 spiro atoms. The number of rotatable bonds is 6. The lowest BCUT2D eigenvalue weighted by Gasteiger charge is -2.17. The summed E-state index contributed by atoms with van der Waals surface area (Å²) in [4.78, 5) is 6.64. The van der Waals surface area contributed by atoms with E-state index in [2.05, 4.69) is 15.0 Å². The topological polar surface area (TPSA) is 62.4 Å². The van der Waals surface area contributed by atoms with Crippen LogP contribution in [0.25, 0.3) is 11.4 Å². The van der Waals surface area contributed by atoms with Gasteiger partial charge < -0.3 is 9.63 Å². The lowest BCUT2D eigenvalue weighted by Crippen LogP contribution is -2.28. The summed E-state index contributed by atoms with van der Waals surface area (Å²) in [5.74, 6) is 1.24. The van der Waals surface area contributed by atoms with Gasteiger partial charge in [-0.25, -0.2) is 0 Å². The fraction of sp³-hybridized carbons (Fsp3) is 0.467. The first-order valence-corrected chi connectivity index (χ1v) is 7.01. The molecule has 1 aromatic carbocycles. The highest BCUT2D eigenvalue weighted by Crippen LogP contribution is 2.28. The summed E-state index contributed by atoms with van der Waals surface area (Å²) in [6, 6.07) is 8.63. The van der Waals surface area contributed by atoms with Crippen molar-refractivity contribution in [2.24, 2.45) is 0 Å². The molecule has 5 nitrogen and oxygen atoms in total. The Bertz CT molecular complexity index is 561. The summed E-state index contributed by atoms with van der Waals surface area (Å²) in [6.45, 7) is 3.49. The lowest BCUT2D eigenvalue weighted by molar-refractivity contribution is 0.167. The Morgan fingerprint density at radius 1 is 1.30 bits per heavy atom. The lowest BCUT2D eigenvalue weighted by atomic mass is 10.1. The minimum absolute atomic E-state index is 0.162. The van der Waals surface area contributed by atoms with Gasteiger partial charge in [0.1, 0.15) is 0 Å². The predicted octanol–water partition coefficient (Wildman–Crippen LogP) is 2.00. The zero-order chi connectivity index (χ0) is 13.9. The molecule has 0 unspecified atom stereocenters. The van der Waals surface area contributed by atoms with Gasteiger partial charge in [-0.2, -0.15) is 4.98 Å². The van der Waals surface area contributed by atoms with Crippen LogP contribution in [0.1, 0.15) is 24.3 Å². The van der Waals surface area contributed by atoms with Crippen molar-refractivity contribution in [3.05, 3.63) is 35.7 Å². The standard InChI is InChI=1S/C15H19N3O2/c1-11-2-4-12(5-3-11)15-16-14(20-17-15)10-18(8-9-19)13-6-7-13/h2-5,13,19H,6-10H2,1H3. The maximum Gasteiger partial charge on any atom is 0.241 e. The van der Waals surface area contributed by atoms with Crippen LogP contribution in [0.4, 0.5) is 0 Å². The number of aryl methyl sites for hydroxylation is 1. The SMILES string of the molecule is Cc1ccc(-c2noc(CN(CCO)C3CC3)n2)cc1. The summed E-state index contributed by atoms with van der Waals surface area (Å²) in [5, 5.41) is 13.1. The second kappa shape index (κ2) is 5.73. The van der Waals surface area contributed by atoms with Gasteiger partial charge in [0.05, 0.1) is 13.2 Å². The minimum Gasteiger partial charge on any atom is -0.395 e. The number of aliphatic hydroxyl groups excluding tert-OH is 1. The van der Waals surface area contributed by atoms with E-state index >= 15 is 0 Å². The van der Waals surface area contributed by atoms with E-state index in [9.17, 15) is 0 Å².